The van der Waals surface area contributed by atoms with Crippen LogP contribution in [0.25, 0.3) is 71.0 Å². The minimum absolute atomic E-state index is 0.875. The third kappa shape index (κ3) is 3.87. The van der Waals surface area contributed by atoms with Gasteiger partial charge in [0.2, 0.25) is 0 Å². The SMILES string of the molecule is c1ccc(N(c2ccc3c(c2)c2ccc4ccccc4c2n3-c2ccccc2)c2cccc3c2oc2ccc4ccccc4c23)cc1. The van der Waals surface area contributed by atoms with E-state index < -0.39 is 0 Å². The lowest BCUT2D eigenvalue weighted by atomic mass is 10.0. The third-order valence-electron chi connectivity index (χ3n) is 9.53. The zero-order valence-corrected chi connectivity index (χ0v) is 25.5. The molecular formula is C44H28N2O. The predicted octanol–water partition coefficient (Wildman–Crippen LogP) is 12.5. The molecule has 0 aliphatic carbocycles. The highest BCUT2D eigenvalue weighted by atomic mass is 16.3. The van der Waals surface area contributed by atoms with Crippen LogP contribution in [0.5, 0.6) is 0 Å². The van der Waals surface area contributed by atoms with Crippen LogP contribution in [-0.4, -0.2) is 4.57 Å². The summed E-state index contributed by atoms with van der Waals surface area (Å²) in [5.74, 6) is 0. The lowest BCUT2D eigenvalue weighted by Crippen LogP contribution is -2.10. The molecular weight excluding hydrogens is 572 g/mol. The van der Waals surface area contributed by atoms with E-state index in [0.717, 1.165) is 44.7 Å². The Morgan fingerprint density at radius 3 is 1.96 bits per heavy atom. The highest BCUT2D eigenvalue weighted by Crippen LogP contribution is 2.45. The first-order valence-electron chi connectivity index (χ1n) is 16.0. The van der Waals surface area contributed by atoms with E-state index in [0.29, 0.717) is 0 Å². The minimum Gasteiger partial charge on any atom is -0.454 e. The van der Waals surface area contributed by atoms with E-state index in [1.807, 2.05) is 0 Å². The molecule has 47 heavy (non-hydrogen) atoms. The summed E-state index contributed by atoms with van der Waals surface area (Å²) in [6, 6.07) is 60.6. The second kappa shape index (κ2) is 10.1. The molecule has 10 aromatic rings. The first-order chi connectivity index (χ1) is 23.3. The Morgan fingerprint density at radius 1 is 0.447 bits per heavy atom. The largest absolute Gasteiger partial charge is 0.454 e. The number of furan rings is 1. The van der Waals surface area contributed by atoms with Crippen LogP contribution in [0.2, 0.25) is 0 Å². The molecule has 0 saturated heterocycles. The summed E-state index contributed by atoms with van der Waals surface area (Å²) in [6.07, 6.45) is 0. The Balaban J connectivity index is 1.28. The van der Waals surface area contributed by atoms with Gasteiger partial charge in [-0.05, 0) is 70.8 Å². The van der Waals surface area contributed by atoms with Crippen LogP contribution in [-0.2, 0) is 0 Å². The van der Waals surface area contributed by atoms with E-state index in [1.165, 1.54) is 43.4 Å². The maximum absolute atomic E-state index is 6.74. The number of hydrogen-bond donors (Lipinski definition) is 0. The first-order valence-corrected chi connectivity index (χ1v) is 16.0. The molecule has 0 amide bonds. The molecule has 10 rings (SSSR count). The van der Waals surface area contributed by atoms with Gasteiger partial charge in [-0.2, -0.15) is 0 Å². The fourth-order valence-electron chi connectivity index (χ4n) is 7.49. The van der Waals surface area contributed by atoms with Crippen LogP contribution in [0.3, 0.4) is 0 Å². The maximum Gasteiger partial charge on any atom is 0.159 e. The van der Waals surface area contributed by atoms with E-state index >= 15 is 0 Å². The van der Waals surface area contributed by atoms with Gasteiger partial charge in [0.05, 0.1) is 16.7 Å². The highest BCUT2D eigenvalue weighted by molar-refractivity contribution is 6.22. The fourth-order valence-corrected chi connectivity index (χ4v) is 7.49. The summed E-state index contributed by atoms with van der Waals surface area (Å²) >= 11 is 0. The molecule has 0 bridgehead atoms. The summed E-state index contributed by atoms with van der Waals surface area (Å²) in [5, 5.41) is 9.59. The summed E-state index contributed by atoms with van der Waals surface area (Å²) in [7, 11) is 0. The van der Waals surface area contributed by atoms with Crippen LogP contribution in [0.4, 0.5) is 17.1 Å². The minimum atomic E-state index is 0.875. The summed E-state index contributed by atoms with van der Waals surface area (Å²) in [6.45, 7) is 0. The van der Waals surface area contributed by atoms with Crippen molar-refractivity contribution in [3.8, 4) is 5.69 Å². The summed E-state index contributed by atoms with van der Waals surface area (Å²) in [5.41, 5.74) is 8.46. The van der Waals surface area contributed by atoms with Crippen molar-refractivity contribution in [1.82, 2.24) is 4.57 Å². The molecule has 0 spiro atoms. The number of anilines is 3. The third-order valence-corrected chi connectivity index (χ3v) is 9.53. The zero-order valence-electron chi connectivity index (χ0n) is 25.5. The van der Waals surface area contributed by atoms with Gasteiger partial charge in [0.25, 0.3) is 0 Å². The summed E-state index contributed by atoms with van der Waals surface area (Å²) in [4.78, 5) is 2.33. The molecule has 0 N–H and O–H groups in total. The Morgan fingerprint density at radius 2 is 1.13 bits per heavy atom. The van der Waals surface area contributed by atoms with Gasteiger partial charge in [0.1, 0.15) is 5.58 Å². The number of para-hydroxylation sites is 3. The normalized spacial score (nSPS) is 11.8. The predicted molar refractivity (Wildman–Crippen MR) is 198 cm³/mol. The first kappa shape index (κ1) is 26.0. The van der Waals surface area contributed by atoms with Crippen molar-refractivity contribution in [1.29, 1.82) is 0 Å². The van der Waals surface area contributed by atoms with Crippen LogP contribution in [0.1, 0.15) is 0 Å². The fraction of sp³-hybridized carbons (Fsp3) is 0. The monoisotopic (exact) mass is 600 g/mol. The molecule has 8 aromatic carbocycles. The van der Waals surface area contributed by atoms with Crippen LogP contribution >= 0.6 is 0 Å². The molecule has 0 radical (unpaired) electrons. The molecule has 0 atom stereocenters. The van der Waals surface area contributed by atoms with Crippen LogP contribution < -0.4 is 4.90 Å². The molecule has 2 aromatic heterocycles. The Hall–Kier alpha value is -6.32. The molecule has 0 unspecified atom stereocenters. The van der Waals surface area contributed by atoms with Crippen molar-refractivity contribution >= 4 is 82.4 Å². The Labute approximate surface area is 271 Å². The number of aromatic nitrogens is 1. The highest BCUT2D eigenvalue weighted by Gasteiger charge is 2.22. The quantitative estimate of drug-likeness (QED) is 0.200. The van der Waals surface area contributed by atoms with E-state index in [1.54, 1.807) is 0 Å². The lowest BCUT2D eigenvalue weighted by Gasteiger charge is -2.25. The van der Waals surface area contributed by atoms with Gasteiger partial charge in [-0.1, -0.05) is 115 Å². The van der Waals surface area contributed by atoms with E-state index in [2.05, 4.69) is 179 Å². The van der Waals surface area contributed by atoms with Crippen molar-refractivity contribution in [3.63, 3.8) is 0 Å². The number of rotatable bonds is 4. The van der Waals surface area contributed by atoms with Crippen molar-refractivity contribution in [3.05, 3.63) is 170 Å². The van der Waals surface area contributed by atoms with Gasteiger partial charge in [-0.15, -0.1) is 0 Å². The van der Waals surface area contributed by atoms with Crippen molar-refractivity contribution in [2.45, 2.75) is 0 Å². The van der Waals surface area contributed by atoms with E-state index in [9.17, 15) is 0 Å². The maximum atomic E-state index is 6.74. The second-order valence-electron chi connectivity index (χ2n) is 12.1. The average Bonchev–Trinajstić information content (AvgIpc) is 3.69. The lowest BCUT2D eigenvalue weighted by molar-refractivity contribution is 0.669. The molecule has 0 aliphatic heterocycles. The molecule has 0 saturated carbocycles. The van der Waals surface area contributed by atoms with Gasteiger partial charge in [-0.25, -0.2) is 0 Å². The molecule has 220 valence electrons. The van der Waals surface area contributed by atoms with Gasteiger partial charge >= 0.3 is 0 Å². The zero-order chi connectivity index (χ0) is 30.9. The van der Waals surface area contributed by atoms with Gasteiger partial charge in [-0.3, -0.25) is 0 Å². The Bertz CT molecular complexity index is 2790. The average molecular weight is 601 g/mol. The molecule has 3 heteroatoms. The number of nitrogens with zero attached hydrogens (tertiary/aromatic N) is 2. The van der Waals surface area contributed by atoms with Gasteiger partial charge < -0.3 is 13.9 Å². The topological polar surface area (TPSA) is 21.3 Å². The van der Waals surface area contributed by atoms with Gasteiger partial charge in [0.15, 0.2) is 5.58 Å². The van der Waals surface area contributed by atoms with E-state index in [4.69, 9.17) is 4.42 Å². The van der Waals surface area contributed by atoms with Gasteiger partial charge in [0, 0.05) is 44.0 Å². The molecule has 3 nitrogen and oxygen atoms in total. The van der Waals surface area contributed by atoms with E-state index in [-0.39, 0.29) is 0 Å². The van der Waals surface area contributed by atoms with Crippen LogP contribution in [0, 0.1) is 0 Å². The van der Waals surface area contributed by atoms with Crippen LogP contribution in [0.15, 0.2) is 174 Å². The molecule has 0 aliphatic rings. The Kier molecular flexibility index (Phi) is 5.57. The smallest absolute Gasteiger partial charge is 0.159 e. The van der Waals surface area contributed by atoms with Crippen molar-refractivity contribution in [2.75, 3.05) is 4.90 Å². The summed E-state index contributed by atoms with van der Waals surface area (Å²) < 4.78 is 9.15. The molecule has 0 fully saturated rings. The second-order valence-corrected chi connectivity index (χ2v) is 12.1. The number of benzene rings is 8. The number of fused-ring (bicyclic) bond motifs is 10. The molecule has 2 heterocycles. The van der Waals surface area contributed by atoms with Crippen molar-refractivity contribution < 1.29 is 4.42 Å². The number of hydrogen-bond acceptors (Lipinski definition) is 2. The standard InChI is InChI=1S/C44H28N2O/c1-3-14-31(15-4-1)45(40-21-11-20-37-42-34-18-9-7-12-29(34)23-27-41(42)47-44(37)40)33-24-26-39-38(28-33)36-25-22-30-13-8-10-19-35(30)43(36)46(39)32-16-5-2-6-17-32/h1-28H. The van der Waals surface area contributed by atoms with Crippen molar-refractivity contribution in [2.24, 2.45) is 0 Å².